The molecule has 7 heteroatoms. The monoisotopic (exact) mass is 842 g/mol. The van der Waals surface area contributed by atoms with Crippen molar-refractivity contribution in [1.82, 2.24) is 19.5 Å². The minimum absolute atomic E-state index is 0.595. The van der Waals surface area contributed by atoms with Gasteiger partial charge in [0, 0.05) is 78.8 Å². The summed E-state index contributed by atoms with van der Waals surface area (Å²) in [4.78, 5) is 16.5. The maximum absolute atomic E-state index is 7.16. The molecule has 0 aliphatic heterocycles. The van der Waals surface area contributed by atoms with Crippen LogP contribution in [0, 0.1) is 0 Å². The fraction of sp³-hybridized carbons (Fsp3) is 0.0536. The van der Waals surface area contributed by atoms with Gasteiger partial charge >= 0.3 is 0 Å². The van der Waals surface area contributed by atoms with Crippen molar-refractivity contribution in [2.75, 3.05) is 0 Å². The molecule has 8 aromatic carbocycles. The lowest BCUT2D eigenvalue weighted by Gasteiger charge is -2.35. The first-order valence-corrected chi connectivity index (χ1v) is 23.0. The Morgan fingerprint density at radius 3 is 1.71 bits per heavy atom. The van der Waals surface area contributed by atoms with Crippen LogP contribution in [0.5, 0.6) is 0 Å². The SMILES string of the molecule is CC1(n2c3ccccc3c3cc4ccccc4cc32)CC=C(c2nc(-c3cccc4sc5ccccc5c34)nc(-c3cccc4sc5ccccc5c34)n2)c2c1oc1ccccc21. The van der Waals surface area contributed by atoms with E-state index in [1.54, 1.807) is 22.7 Å². The van der Waals surface area contributed by atoms with Gasteiger partial charge in [0.15, 0.2) is 17.5 Å². The van der Waals surface area contributed by atoms with Crippen molar-refractivity contribution in [2.45, 2.75) is 18.9 Å². The smallest absolute Gasteiger partial charge is 0.164 e. The zero-order valence-corrected chi connectivity index (χ0v) is 35.6. The summed E-state index contributed by atoms with van der Waals surface area (Å²) in [7, 11) is 0. The number of fused-ring (bicyclic) bond motifs is 13. The number of nitrogens with zero attached hydrogens (tertiary/aromatic N) is 4. The molecule has 14 rings (SSSR count). The molecule has 0 saturated carbocycles. The van der Waals surface area contributed by atoms with E-state index in [-0.39, 0.29) is 0 Å². The van der Waals surface area contributed by atoms with Crippen molar-refractivity contribution in [3.63, 3.8) is 0 Å². The van der Waals surface area contributed by atoms with Crippen molar-refractivity contribution < 1.29 is 4.42 Å². The first kappa shape index (κ1) is 35.2. The van der Waals surface area contributed by atoms with Crippen molar-refractivity contribution in [2.24, 2.45) is 0 Å². The summed E-state index contributed by atoms with van der Waals surface area (Å²) in [6.07, 6.45) is 3.01. The molecular formula is C56H34N4OS2. The summed E-state index contributed by atoms with van der Waals surface area (Å²) < 4.78 is 14.6. The average Bonchev–Trinajstić information content (AvgIpc) is 4.10. The molecular weight excluding hydrogens is 809 g/mol. The highest BCUT2D eigenvalue weighted by atomic mass is 32.1. The van der Waals surface area contributed by atoms with Crippen LogP contribution in [0.25, 0.3) is 112 Å². The lowest BCUT2D eigenvalue weighted by Crippen LogP contribution is -2.33. The summed E-state index contributed by atoms with van der Waals surface area (Å²) in [5.74, 6) is 2.83. The van der Waals surface area contributed by atoms with Crippen LogP contribution in [-0.2, 0) is 5.54 Å². The molecule has 5 heterocycles. The van der Waals surface area contributed by atoms with Gasteiger partial charge in [0.05, 0.1) is 11.0 Å². The first-order valence-electron chi connectivity index (χ1n) is 21.3. The molecule has 0 amide bonds. The number of hydrogen-bond donors (Lipinski definition) is 0. The van der Waals surface area contributed by atoms with E-state index in [4.69, 9.17) is 19.4 Å². The number of allylic oxidation sites excluding steroid dienone is 1. The summed E-state index contributed by atoms with van der Waals surface area (Å²) in [5, 5.41) is 10.7. The molecule has 1 aliphatic rings. The number of furan rings is 1. The Hall–Kier alpha value is -7.45. The van der Waals surface area contributed by atoms with Crippen molar-refractivity contribution in [3.05, 3.63) is 193 Å². The summed E-state index contributed by atoms with van der Waals surface area (Å²) in [5.41, 5.74) is 6.56. The number of aromatic nitrogens is 4. The normalized spacial score (nSPS) is 15.5. The second kappa shape index (κ2) is 13.0. The van der Waals surface area contributed by atoms with E-state index in [1.165, 1.54) is 72.9 Å². The van der Waals surface area contributed by atoms with E-state index in [2.05, 4.69) is 187 Å². The Labute approximate surface area is 368 Å². The maximum Gasteiger partial charge on any atom is 0.164 e. The van der Waals surface area contributed by atoms with Gasteiger partial charge in [-0.1, -0.05) is 127 Å². The van der Waals surface area contributed by atoms with Crippen LogP contribution in [0.2, 0.25) is 0 Å². The molecule has 0 bridgehead atoms. The van der Waals surface area contributed by atoms with E-state index in [9.17, 15) is 0 Å². The number of rotatable bonds is 4. The van der Waals surface area contributed by atoms with E-state index in [0.717, 1.165) is 39.0 Å². The summed E-state index contributed by atoms with van der Waals surface area (Å²) in [6, 6.07) is 60.8. The average molecular weight is 843 g/mol. The molecule has 0 fully saturated rings. The van der Waals surface area contributed by atoms with Gasteiger partial charge in [0.1, 0.15) is 16.9 Å². The highest BCUT2D eigenvalue weighted by molar-refractivity contribution is 7.26. The number of benzene rings is 8. The van der Waals surface area contributed by atoms with Crippen LogP contribution in [0.1, 0.15) is 30.5 Å². The predicted octanol–water partition coefficient (Wildman–Crippen LogP) is 15.5. The van der Waals surface area contributed by atoms with Crippen LogP contribution < -0.4 is 0 Å². The third-order valence-electron chi connectivity index (χ3n) is 13.3. The summed E-state index contributed by atoms with van der Waals surface area (Å²) in [6.45, 7) is 2.33. The Morgan fingerprint density at radius 1 is 0.492 bits per heavy atom. The van der Waals surface area contributed by atoms with Gasteiger partial charge in [0.2, 0.25) is 0 Å². The molecule has 296 valence electrons. The molecule has 5 aromatic heterocycles. The van der Waals surface area contributed by atoms with Crippen LogP contribution in [0.15, 0.2) is 180 Å². The number of para-hydroxylation sites is 2. The Morgan fingerprint density at radius 2 is 1.03 bits per heavy atom. The zero-order chi connectivity index (χ0) is 41.4. The van der Waals surface area contributed by atoms with Gasteiger partial charge in [-0.25, -0.2) is 15.0 Å². The standard InChI is InChI=1S/C56H34N4OS2/c1-56(60-42-22-8-4-16-34(42)41-30-32-14-2-3-15-33(32)31-43(41)60)29-28-40(51-35-17-5-9-23-44(35)61-52(51)56)55-58-53(38-20-12-26-47-49(38)36-18-6-10-24-45(36)62-47)57-54(59-55)39-21-13-27-48-50(39)37-19-7-11-25-46(37)63-48/h2-28,30-31H,29H2,1H3. The van der Waals surface area contributed by atoms with Gasteiger partial charge in [-0.2, -0.15) is 0 Å². The predicted molar refractivity (Wildman–Crippen MR) is 264 cm³/mol. The van der Waals surface area contributed by atoms with Crippen molar-refractivity contribution in [1.29, 1.82) is 0 Å². The van der Waals surface area contributed by atoms with Crippen LogP contribution in [0.4, 0.5) is 0 Å². The van der Waals surface area contributed by atoms with Crippen molar-refractivity contribution >= 4 is 112 Å². The quantitative estimate of drug-likeness (QED) is 0.177. The van der Waals surface area contributed by atoms with Gasteiger partial charge in [-0.3, -0.25) is 0 Å². The first-order chi connectivity index (χ1) is 31.1. The third kappa shape index (κ3) is 5.00. The Kier molecular flexibility index (Phi) is 7.28. The Bertz CT molecular complexity index is 3980. The molecule has 0 saturated heterocycles. The summed E-state index contributed by atoms with van der Waals surface area (Å²) >= 11 is 3.61. The molecule has 0 N–H and O–H groups in total. The van der Waals surface area contributed by atoms with Crippen molar-refractivity contribution in [3.8, 4) is 22.8 Å². The lowest BCUT2D eigenvalue weighted by molar-refractivity contribution is 0.333. The van der Waals surface area contributed by atoms with Gasteiger partial charge in [0.25, 0.3) is 0 Å². The molecule has 63 heavy (non-hydrogen) atoms. The maximum atomic E-state index is 7.16. The van der Waals surface area contributed by atoms with Crippen LogP contribution >= 0.6 is 22.7 Å². The zero-order valence-electron chi connectivity index (χ0n) is 34.0. The largest absolute Gasteiger partial charge is 0.458 e. The minimum Gasteiger partial charge on any atom is -0.458 e. The fourth-order valence-corrected chi connectivity index (χ4v) is 12.7. The number of thiophene rings is 2. The molecule has 0 radical (unpaired) electrons. The second-order valence-corrected chi connectivity index (χ2v) is 19.0. The Balaban J connectivity index is 1.06. The minimum atomic E-state index is -0.595. The van der Waals surface area contributed by atoms with Gasteiger partial charge in [-0.15, -0.1) is 22.7 Å². The van der Waals surface area contributed by atoms with E-state index < -0.39 is 5.54 Å². The second-order valence-electron chi connectivity index (χ2n) is 16.8. The molecule has 1 unspecified atom stereocenters. The van der Waals surface area contributed by atoms with E-state index >= 15 is 0 Å². The van der Waals surface area contributed by atoms with Gasteiger partial charge < -0.3 is 8.98 Å². The fourth-order valence-electron chi connectivity index (χ4n) is 10.4. The van der Waals surface area contributed by atoms with Crippen LogP contribution in [0.3, 0.4) is 0 Å². The molecule has 0 spiro atoms. The topological polar surface area (TPSA) is 56.7 Å². The molecule has 5 nitrogen and oxygen atoms in total. The highest BCUT2D eigenvalue weighted by Gasteiger charge is 2.42. The van der Waals surface area contributed by atoms with Crippen LogP contribution in [-0.4, -0.2) is 19.5 Å². The number of hydrogen-bond acceptors (Lipinski definition) is 6. The highest BCUT2D eigenvalue weighted by Crippen LogP contribution is 2.51. The van der Waals surface area contributed by atoms with E-state index in [1.807, 2.05) is 0 Å². The van der Waals surface area contributed by atoms with Gasteiger partial charge in [-0.05, 0) is 72.6 Å². The third-order valence-corrected chi connectivity index (χ3v) is 15.5. The lowest BCUT2D eigenvalue weighted by atomic mass is 9.81. The van der Waals surface area contributed by atoms with E-state index in [0.29, 0.717) is 23.9 Å². The molecule has 1 atom stereocenters. The molecule has 13 aromatic rings. The molecule has 1 aliphatic carbocycles.